The second-order valence-corrected chi connectivity index (χ2v) is 6.03. The molecule has 0 aliphatic rings. The van der Waals surface area contributed by atoms with E-state index in [4.69, 9.17) is 14.2 Å². The van der Waals surface area contributed by atoms with Crippen molar-refractivity contribution in [2.75, 3.05) is 26.6 Å². The second-order valence-electron chi connectivity index (χ2n) is 6.03. The monoisotopic (exact) mass is 394 g/mol. The molecule has 0 saturated carbocycles. The van der Waals surface area contributed by atoms with Crippen LogP contribution in [0.2, 0.25) is 0 Å². The van der Waals surface area contributed by atoms with E-state index in [-0.39, 0.29) is 12.6 Å². The lowest BCUT2D eigenvalue weighted by Gasteiger charge is -2.11. The molecule has 3 aromatic rings. The molecular formula is C21H22N4O4. The zero-order valence-corrected chi connectivity index (χ0v) is 16.4. The normalized spacial score (nSPS) is 10.2. The van der Waals surface area contributed by atoms with Crippen molar-refractivity contribution in [1.82, 2.24) is 15.3 Å². The highest BCUT2D eigenvalue weighted by Gasteiger charge is 2.08. The Morgan fingerprint density at radius 1 is 0.862 bits per heavy atom. The lowest BCUT2D eigenvalue weighted by atomic mass is 10.1. The first-order chi connectivity index (χ1) is 14.1. The van der Waals surface area contributed by atoms with Crippen LogP contribution in [0.1, 0.15) is 5.69 Å². The number of benzene rings is 2. The molecule has 29 heavy (non-hydrogen) atoms. The van der Waals surface area contributed by atoms with Crippen LogP contribution in [0.15, 0.2) is 54.9 Å². The van der Waals surface area contributed by atoms with Gasteiger partial charge in [0.2, 0.25) is 0 Å². The van der Waals surface area contributed by atoms with Gasteiger partial charge in [-0.2, -0.15) is 0 Å². The molecule has 0 fully saturated rings. The van der Waals surface area contributed by atoms with Gasteiger partial charge in [-0.3, -0.25) is 0 Å². The van der Waals surface area contributed by atoms with E-state index < -0.39 is 0 Å². The highest BCUT2D eigenvalue weighted by molar-refractivity contribution is 5.89. The number of hydrogen-bond donors (Lipinski definition) is 2. The Labute approximate surface area is 168 Å². The van der Waals surface area contributed by atoms with E-state index in [1.165, 1.54) is 6.33 Å². The predicted octanol–water partition coefficient (Wildman–Crippen LogP) is 3.49. The summed E-state index contributed by atoms with van der Waals surface area (Å²) in [5, 5.41) is 5.53. The molecule has 8 heteroatoms. The maximum absolute atomic E-state index is 12.2. The molecule has 8 nitrogen and oxygen atoms in total. The quantitative estimate of drug-likeness (QED) is 0.637. The minimum atomic E-state index is -0.370. The van der Waals surface area contributed by atoms with Gasteiger partial charge in [0, 0.05) is 29.4 Å². The van der Waals surface area contributed by atoms with E-state index in [0.717, 1.165) is 17.0 Å². The van der Waals surface area contributed by atoms with E-state index in [1.54, 1.807) is 39.5 Å². The molecule has 150 valence electrons. The molecular weight excluding hydrogens is 372 g/mol. The first kappa shape index (κ1) is 19.9. The van der Waals surface area contributed by atoms with Crippen molar-refractivity contribution in [3.05, 3.63) is 60.6 Å². The summed E-state index contributed by atoms with van der Waals surface area (Å²) in [6.45, 7) is 0.249. The van der Waals surface area contributed by atoms with Gasteiger partial charge in [0.05, 0.1) is 39.3 Å². The van der Waals surface area contributed by atoms with E-state index in [0.29, 0.717) is 22.9 Å². The van der Waals surface area contributed by atoms with Gasteiger partial charge in [-0.25, -0.2) is 14.8 Å². The number of urea groups is 1. The summed E-state index contributed by atoms with van der Waals surface area (Å²) in [6, 6.07) is 14.2. The third kappa shape index (κ3) is 5.35. The number of carbonyl (C=O) groups excluding carboxylic acids is 1. The molecule has 2 aromatic carbocycles. The number of amides is 2. The van der Waals surface area contributed by atoms with Gasteiger partial charge in [-0.1, -0.05) is 0 Å². The maximum Gasteiger partial charge on any atom is 0.319 e. The third-order valence-electron chi connectivity index (χ3n) is 4.15. The van der Waals surface area contributed by atoms with Crippen LogP contribution in [0, 0.1) is 0 Å². The molecule has 0 unspecified atom stereocenters. The largest absolute Gasteiger partial charge is 0.497 e. The van der Waals surface area contributed by atoms with Crippen LogP contribution in [0.3, 0.4) is 0 Å². The molecule has 0 spiro atoms. The molecule has 2 amide bonds. The van der Waals surface area contributed by atoms with Gasteiger partial charge in [-0.05, 0) is 30.3 Å². The molecule has 0 radical (unpaired) electrons. The van der Waals surface area contributed by atoms with E-state index >= 15 is 0 Å². The van der Waals surface area contributed by atoms with Crippen molar-refractivity contribution in [2.45, 2.75) is 6.54 Å². The number of carbonyl (C=O) groups is 1. The number of aromatic nitrogens is 2. The number of methoxy groups -OCH3 is 3. The van der Waals surface area contributed by atoms with Gasteiger partial charge in [-0.15, -0.1) is 0 Å². The number of ether oxygens (including phenoxy) is 3. The van der Waals surface area contributed by atoms with Crippen LogP contribution >= 0.6 is 0 Å². The molecule has 0 saturated heterocycles. The molecule has 1 aromatic heterocycles. The first-order valence-electron chi connectivity index (χ1n) is 8.84. The predicted molar refractivity (Wildman–Crippen MR) is 109 cm³/mol. The van der Waals surface area contributed by atoms with E-state index in [2.05, 4.69) is 20.6 Å². The summed E-state index contributed by atoms with van der Waals surface area (Å²) in [4.78, 5) is 20.8. The lowest BCUT2D eigenvalue weighted by Crippen LogP contribution is -2.28. The van der Waals surface area contributed by atoms with Crippen molar-refractivity contribution in [1.29, 1.82) is 0 Å². The highest BCUT2D eigenvalue weighted by Crippen LogP contribution is 2.25. The minimum Gasteiger partial charge on any atom is -0.497 e. The molecule has 0 atom stereocenters. The van der Waals surface area contributed by atoms with Crippen LogP contribution in [0.25, 0.3) is 11.3 Å². The fourth-order valence-electron chi connectivity index (χ4n) is 2.64. The number of nitrogens with zero attached hydrogens (tertiary/aromatic N) is 2. The Morgan fingerprint density at radius 3 is 2.14 bits per heavy atom. The number of anilines is 1. The van der Waals surface area contributed by atoms with Crippen LogP contribution in [-0.2, 0) is 6.54 Å². The Morgan fingerprint density at radius 2 is 1.52 bits per heavy atom. The molecule has 3 rings (SSSR count). The van der Waals surface area contributed by atoms with Gasteiger partial charge in [0.25, 0.3) is 0 Å². The number of hydrogen-bond acceptors (Lipinski definition) is 6. The van der Waals surface area contributed by atoms with Crippen molar-refractivity contribution in [3.63, 3.8) is 0 Å². The standard InChI is InChI=1S/C21H22N4O4/c1-27-17-6-4-14(5-7-17)20-10-16(23-13-24-20)12-22-21(26)25-15-8-18(28-2)11-19(9-15)29-3/h4-11,13H,12H2,1-3H3,(H2,22,25,26). The molecule has 0 aliphatic carbocycles. The van der Waals surface area contributed by atoms with Gasteiger partial charge < -0.3 is 24.8 Å². The van der Waals surface area contributed by atoms with E-state index in [9.17, 15) is 4.79 Å². The summed E-state index contributed by atoms with van der Waals surface area (Å²) in [5.41, 5.74) is 2.93. The number of rotatable bonds is 7. The molecule has 1 heterocycles. The molecule has 0 bridgehead atoms. The first-order valence-corrected chi connectivity index (χ1v) is 8.84. The van der Waals surface area contributed by atoms with Crippen LogP contribution < -0.4 is 24.8 Å². The van der Waals surface area contributed by atoms with Gasteiger partial charge >= 0.3 is 6.03 Å². The minimum absolute atomic E-state index is 0.249. The smallest absolute Gasteiger partial charge is 0.319 e. The Kier molecular flexibility index (Phi) is 6.47. The van der Waals surface area contributed by atoms with Crippen molar-refractivity contribution < 1.29 is 19.0 Å². The van der Waals surface area contributed by atoms with Crippen molar-refractivity contribution in [3.8, 4) is 28.5 Å². The number of nitrogens with one attached hydrogen (secondary N) is 2. The van der Waals surface area contributed by atoms with E-state index in [1.807, 2.05) is 30.3 Å². The Bertz CT molecular complexity index is 954. The SMILES string of the molecule is COc1ccc(-c2cc(CNC(=O)Nc3cc(OC)cc(OC)c3)ncn2)cc1. The molecule has 2 N–H and O–H groups in total. The maximum atomic E-state index is 12.2. The second kappa shape index (κ2) is 9.41. The third-order valence-corrected chi connectivity index (χ3v) is 4.15. The zero-order chi connectivity index (χ0) is 20.6. The van der Waals surface area contributed by atoms with Crippen LogP contribution in [0.4, 0.5) is 10.5 Å². The summed E-state index contributed by atoms with van der Waals surface area (Å²) < 4.78 is 15.6. The fraction of sp³-hybridized carbons (Fsp3) is 0.190. The summed E-state index contributed by atoms with van der Waals surface area (Å²) >= 11 is 0. The average Bonchev–Trinajstić information content (AvgIpc) is 2.77. The van der Waals surface area contributed by atoms with Gasteiger partial charge in [0.1, 0.15) is 23.6 Å². The Hall–Kier alpha value is -3.81. The van der Waals surface area contributed by atoms with Gasteiger partial charge in [0.15, 0.2) is 0 Å². The van der Waals surface area contributed by atoms with Crippen LogP contribution in [-0.4, -0.2) is 37.3 Å². The topological polar surface area (TPSA) is 94.6 Å². The summed E-state index contributed by atoms with van der Waals surface area (Å²) in [5.74, 6) is 1.94. The summed E-state index contributed by atoms with van der Waals surface area (Å²) in [7, 11) is 4.72. The van der Waals surface area contributed by atoms with Crippen molar-refractivity contribution >= 4 is 11.7 Å². The lowest BCUT2D eigenvalue weighted by molar-refractivity contribution is 0.251. The zero-order valence-electron chi connectivity index (χ0n) is 16.4. The van der Waals surface area contributed by atoms with Crippen molar-refractivity contribution in [2.24, 2.45) is 0 Å². The summed E-state index contributed by atoms with van der Waals surface area (Å²) in [6.07, 6.45) is 1.47. The fourth-order valence-corrected chi connectivity index (χ4v) is 2.64. The highest BCUT2D eigenvalue weighted by atomic mass is 16.5. The Balaban J connectivity index is 1.63. The van der Waals surface area contributed by atoms with Crippen LogP contribution in [0.5, 0.6) is 17.2 Å². The average molecular weight is 394 g/mol. The molecule has 0 aliphatic heterocycles.